The van der Waals surface area contributed by atoms with E-state index in [2.05, 4.69) is 5.32 Å². The smallest absolute Gasteiger partial charge is 0.254 e. The molecule has 1 aromatic carbocycles. The Bertz CT molecular complexity index is 466. The average Bonchev–Trinajstić information content (AvgIpc) is 2.32. The van der Waals surface area contributed by atoms with Crippen LogP contribution in [0.3, 0.4) is 0 Å². The number of halogens is 3. The monoisotopic (exact) mass is 291 g/mol. The number of nitrogens with one attached hydrogen (secondary N) is 1. The molecule has 0 aliphatic carbocycles. The van der Waals surface area contributed by atoms with Gasteiger partial charge in [-0.3, -0.25) is 4.79 Å². The molecule has 106 valence electrons. The van der Waals surface area contributed by atoms with Crippen molar-refractivity contribution in [3.05, 3.63) is 34.4 Å². The van der Waals surface area contributed by atoms with Crippen LogP contribution >= 0.6 is 11.6 Å². The van der Waals surface area contributed by atoms with E-state index in [1.165, 1.54) is 0 Å². The van der Waals surface area contributed by atoms with Crippen LogP contribution in [0, 0.1) is 17.6 Å². The second-order valence-corrected chi connectivity index (χ2v) is 4.99. The molecule has 0 saturated carbocycles. The molecule has 0 aliphatic heterocycles. The molecule has 0 bridgehead atoms. The molecule has 0 radical (unpaired) electrons. The second kappa shape index (κ2) is 6.82. The van der Waals surface area contributed by atoms with Gasteiger partial charge in [0.15, 0.2) is 0 Å². The van der Waals surface area contributed by atoms with Gasteiger partial charge < -0.3 is 10.4 Å². The summed E-state index contributed by atoms with van der Waals surface area (Å²) in [6, 6.07) is 1.22. The van der Waals surface area contributed by atoms with Gasteiger partial charge >= 0.3 is 0 Å². The predicted octanol–water partition coefficient (Wildman–Crippen LogP) is 2.76. The Morgan fingerprint density at radius 3 is 2.53 bits per heavy atom. The molecule has 19 heavy (non-hydrogen) atoms. The lowest BCUT2D eigenvalue weighted by atomic mass is 10.0. The zero-order valence-corrected chi connectivity index (χ0v) is 11.5. The third-order valence-corrected chi connectivity index (χ3v) is 3.11. The number of carbonyl (C=O) groups is 1. The second-order valence-electron chi connectivity index (χ2n) is 4.58. The maximum absolute atomic E-state index is 13.6. The van der Waals surface area contributed by atoms with E-state index in [-0.39, 0.29) is 23.6 Å². The van der Waals surface area contributed by atoms with Crippen LogP contribution in [0.4, 0.5) is 8.78 Å². The quantitative estimate of drug-likeness (QED) is 0.820. The number of carbonyl (C=O) groups excluding carboxylic acids is 1. The van der Waals surface area contributed by atoms with Crippen molar-refractivity contribution in [2.24, 2.45) is 5.92 Å². The van der Waals surface area contributed by atoms with Crippen LogP contribution < -0.4 is 5.32 Å². The Morgan fingerprint density at radius 2 is 2.00 bits per heavy atom. The lowest BCUT2D eigenvalue weighted by Crippen LogP contribution is -2.39. The Hall–Kier alpha value is -1.20. The van der Waals surface area contributed by atoms with E-state index in [1.807, 2.05) is 13.8 Å². The van der Waals surface area contributed by atoms with Crippen LogP contribution in [0.25, 0.3) is 0 Å². The van der Waals surface area contributed by atoms with Crippen molar-refractivity contribution in [1.29, 1.82) is 0 Å². The number of amides is 1. The molecule has 1 unspecified atom stereocenters. The summed E-state index contributed by atoms with van der Waals surface area (Å²) in [7, 11) is 0. The maximum atomic E-state index is 13.6. The van der Waals surface area contributed by atoms with Gasteiger partial charge in [-0.15, -0.1) is 0 Å². The summed E-state index contributed by atoms with van der Waals surface area (Å²) in [5.74, 6) is -2.39. The molecule has 1 amide bonds. The third-order valence-electron chi connectivity index (χ3n) is 2.82. The van der Waals surface area contributed by atoms with E-state index in [0.29, 0.717) is 6.42 Å². The van der Waals surface area contributed by atoms with Gasteiger partial charge in [0.05, 0.1) is 10.6 Å². The minimum Gasteiger partial charge on any atom is -0.396 e. The van der Waals surface area contributed by atoms with Crippen LogP contribution in [0.5, 0.6) is 0 Å². The lowest BCUT2D eigenvalue weighted by Gasteiger charge is -2.21. The van der Waals surface area contributed by atoms with Crippen LogP contribution in [-0.2, 0) is 0 Å². The molecule has 0 aliphatic rings. The van der Waals surface area contributed by atoms with Crippen molar-refractivity contribution in [3.63, 3.8) is 0 Å². The van der Waals surface area contributed by atoms with Gasteiger partial charge in [-0.25, -0.2) is 8.78 Å². The van der Waals surface area contributed by atoms with Gasteiger partial charge in [-0.1, -0.05) is 25.4 Å². The molecule has 1 atom stereocenters. The van der Waals surface area contributed by atoms with E-state index in [0.717, 1.165) is 12.1 Å². The molecule has 1 aromatic rings. The van der Waals surface area contributed by atoms with Crippen molar-refractivity contribution >= 4 is 17.5 Å². The minimum atomic E-state index is -0.879. The number of aliphatic hydroxyl groups excluding tert-OH is 1. The maximum Gasteiger partial charge on any atom is 0.254 e. The summed E-state index contributed by atoms with van der Waals surface area (Å²) < 4.78 is 26.8. The molecular formula is C13H16ClF2NO2. The first kappa shape index (κ1) is 15.9. The fourth-order valence-electron chi connectivity index (χ4n) is 1.65. The largest absolute Gasteiger partial charge is 0.396 e. The Labute approximate surface area is 115 Å². The highest BCUT2D eigenvalue weighted by atomic mass is 35.5. The third kappa shape index (κ3) is 4.14. The minimum absolute atomic E-state index is 0.0660. The summed E-state index contributed by atoms with van der Waals surface area (Å²) in [4.78, 5) is 11.9. The van der Waals surface area contributed by atoms with Crippen molar-refractivity contribution in [3.8, 4) is 0 Å². The molecule has 1 rings (SSSR count). The van der Waals surface area contributed by atoms with Crippen LogP contribution in [-0.4, -0.2) is 23.7 Å². The van der Waals surface area contributed by atoms with E-state index >= 15 is 0 Å². The molecule has 2 N–H and O–H groups in total. The highest BCUT2D eigenvalue weighted by Crippen LogP contribution is 2.19. The molecule has 0 saturated heterocycles. The van der Waals surface area contributed by atoms with Crippen molar-refractivity contribution in [1.82, 2.24) is 5.32 Å². The zero-order chi connectivity index (χ0) is 14.6. The van der Waals surface area contributed by atoms with Crippen LogP contribution in [0.2, 0.25) is 5.02 Å². The highest BCUT2D eigenvalue weighted by Gasteiger charge is 2.20. The molecule has 0 aromatic heterocycles. The molecule has 0 fully saturated rings. The standard InChI is InChI=1S/C13H16ClF2NO2/c1-7(2)12(3-4-18)17-13(19)8-5-11(16)9(14)6-10(8)15/h5-7,12,18H,3-4H2,1-2H3,(H,17,19). The van der Waals surface area contributed by atoms with Crippen molar-refractivity contribution in [2.75, 3.05) is 6.61 Å². The van der Waals surface area contributed by atoms with Crippen molar-refractivity contribution in [2.45, 2.75) is 26.3 Å². The van der Waals surface area contributed by atoms with Crippen molar-refractivity contribution < 1.29 is 18.7 Å². The fourth-order valence-corrected chi connectivity index (χ4v) is 1.80. The topological polar surface area (TPSA) is 49.3 Å². The van der Waals surface area contributed by atoms with Gasteiger partial charge in [0.25, 0.3) is 5.91 Å². The number of hydrogen-bond acceptors (Lipinski definition) is 2. The van der Waals surface area contributed by atoms with Gasteiger partial charge in [-0.2, -0.15) is 0 Å². The highest BCUT2D eigenvalue weighted by molar-refractivity contribution is 6.30. The van der Waals surface area contributed by atoms with Gasteiger partial charge in [-0.05, 0) is 24.5 Å². The summed E-state index contributed by atoms with van der Waals surface area (Å²) in [6.07, 6.45) is 0.348. The Balaban J connectivity index is 2.91. The molecular weight excluding hydrogens is 276 g/mol. The molecule has 0 spiro atoms. The number of hydrogen-bond donors (Lipinski definition) is 2. The molecule has 3 nitrogen and oxygen atoms in total. The van der Waals surface area contributed by atoms with E-state index in [9.17, 15) is 13.6 Å². The SMILES string of the molecule is CC(C)C(CCO)NC(=O)c1cc(F)c(Cl)cc1F. The number of rotatable bonds is 5. The fraction of sp³-hybridized carbons (Fsp3) is 0.462. The normalized spacial score (nSPS) is 12.6. The number of benzene rings is 1. The van der Waals surface area contributed by atoms with Crippen LogP contribution in [0.1, 0.15) is 30.6 Å². The first-order chi connectivity index (χ1) is 8.86. The summed E-state index contributed by atoms with van der Waals surface area (Å²) in [5.41, 5.74) is -0.398. The summed E-state index contributed by atoms with van der Waals surface area (Å²) >= 11 is 5.42. The first-order valence-corrected chi connectivity index (χ1v) is 6.30. The average molecular weight is 292 g/mol. The summed E-state index contributed by atoms with van der Waals surface area (Å²) in [5, 5.41) is 11.1. The summed E-state index contributed by atoms with van der Waals surface area (Å²) in [6.45, 7) is 3.62. The first-order valence-electron chi connectivity index (χ1n) is 5.93. The predicted molar refractivity (Wildman–Crippen MR) is 69.2 cm³/mol. The van der Waals surface area contributed by atoms with E-state index in [4.69, 9.17) is 16.7 Å². The zero-order valence-electron chi connectivity index (χ0n) is 10.7. The van der Waals surface area contributed by atoms with Crippen LogP contribution in [0.15, 0.2) is 12.1 Å². The Morgan fingerprint density at radius 1 is 1.37 bits per heavy atom. The number of aliphatic hydroxyl groups is 1. The van der Waals surface area contributed by atoms with Gasteiger partial charge in [0.1, 0.15) is 11.6 Å². The van der Waals surface area contributed by atoms with E-state index < -0.39 is 23.1 Å². The van der Waals surface area contributed by atoms with E-state index in [1.54, 1.807) is 0 Å². The molecule has 0 heterocycles. The lowest BCUT2D eigenvalue weighted by molar-refractivity contribution is 0.0912. The van der Waals surface area contributed by atoms with Gasteiger partial charge in [0.2, 0.25) is 0 Å². The molecule has 6 heteroatoms. The Kier molecular flexibility index (Phi) is 5.69. The van der Waals surface area contributed by atoms with Gasteiger partial charge in [0, 0.05) is 12.6 Å².